The number of aromatic nitrogens is 2. The SMILES string of the molecule is Nc1ncnc(NCCCOc2ccccc2)c1Br. The Balaban J connectivity index is 1.71. The predicted molar refractivity (Wildman–Crippen MR) is 79.2 cm³/mol. The van der Waals surface area contributed by atoms with Crippen molar-refractivity contribution in [3.63, 3.8) is 0 Å². The molecule has 0 bridgehead atoms. The van der Waals surface area contributed by atoms with Crippen LogP contribution in [0.15, 0.2) is 41.1 Å². The van der Waals surface area contributed by atoms with Gasteiger partial charge in [-0.25, -0.2) is 9.97 Å². The smallest absolute Gasteiger partial charge is 0.145 e. The van der Waals surface area contributed by atoms with E-state index in [9.17, 15) is 0 Å². The molecular formula is C13H15BrN4O. The molecule has 0 saturated carbocycles. The van der Waals surface area contributed by atoms with Crippen LogP contribution in [0.2, 0.25) is 0 Å². The zero-order valence-electron chi connectivity index (χ0n) is 10.3. The second-order valence-corrected chi connectivity index (χ2v) is 4.66. The number of nitrogen functional groups attached to an aromatic ring is 1. The summed E-state index contributed by atoms with van der Waals surface area (Å²) < 4.78 is 6.28. The highest BCUT2D eigenvalue weighted by Crippen LogP contribution is 2.23. The first-order valence-electron chi connectivity index (χ1n) is 5.95. The number of nitrogens with two attached hydrogens (primary N) is 1. The molecule has 6 heteroatoms. The molecule has 2 aromatic rings. The first-order chi connectivity index (χ1) is 9.27. The van der Waals surface area contributed by atoms with E-state index in [0.29, 0.717) is 22.7 Å². The van der Waals surface area contributed by atoms with Crippen molar-refractivity contribution in [3.8, 4) is 5.75 Å². The molecule has 0 aliphatic carbocycles. The van der Waals surface area contributed by atoms with Gasteiger partial charge in [0.2, 0.25) is 0 Å². The zero-order valence-corrected chi connectivity index (χ0v) is 11.9. The van der Waals surface area contributed by atoms with Crippen LogP contribution < -0.4 is 15.8 Å². The molecule has 0 spiro atoms. The average Bonchev–Trinajstić information content (AvgIpc) is 2.44. The average molecular weight is 323 g/mol. The number of hydrogen-bond acceptors (Lipinski definition) is 5. The summed E-state index contributed by atoms with van der Waals surface area (Å²) in [5.41, 5.74) is 5.66. The van der Waals surface area contributed by atoms with Crippen LogP contribution in [-0.2, 0) is 0 Å². The zero-order chi connectivity index (χ0) is 13.5. The molecule has 3 N–H and O–H groups in total. The van der Waals surface area contributed by atoms with Gasteiger partial charge in [-0.2, -0.15) is 0 Å². The predicted octanol–water partition coefficient (Wildman–Crippen LogP) is 2.70. The van der Waals surface area contributed by atoms with Gasteiger partial charge in [-0.1, -0.05) is 18.2 Å². The van der Waals surface area contributed by atoms with Crippen molar-refractivity contribution in [2.45, 2.75) is 6.42 Å². The maximum Gasteiger partial charge on any atom is 0.145 e. The van der Waals surface area contributed by atoms with E-state index in [4.69, 9.17) is 10.5 Å². The molecule has 0 aliphatic rings. The van der Waals surface area contributed by atoms with Crippen molar-refractivity contribution in [1.82, 2.24) is 9.97 Å². The van der Waals surface area contributed by atoms with Crippen LogP contribution in [-0.4, -0.2) is 23.1 Å². The summed E-state index contributed by atoms with van der Waals surface area (Å²) in [5.74, 6) is 2.01. The molecule has 2 rings (SSSR count). The van der Waals surface area contributed by atoms with E-state index in [1.165, 1.54) is 6.33 Å². The summed E-state index contributed by atoms with van der Waals surface area (Å²) in [4.78, 5) is 7.98. The molecule has 0 saturated heterocycles. The van der Waals surface area contributed by atoms with Crippen LogP contribution in [0.4, 0.5) is 11.6 Å². The first kappa shape index (κ1) is 13.6. The van der Waals surface area contributed by atoms with Crippen LogP contribution in [0.1, 0.15) is 6.42 Å². The minimum atomic E-state index is 0.429. The topological polar surface area (TPSA) is 73.1 Å². The number of hydrogen-bond donors (Lipinski definition) is 2. The molecule has 0 radical (unpaired) electrons. The number of halogens is 1. The van der Waals surface area contributed by atoms with Crippen molar-refractivity contribution in [1.29, 1.82) is 0 Å². The van der Waals surface area contributed by atoms with Gasteiger partial charge in [0.15, 0.2) is 0 Å². The quantitative estimate of drug-likeness (QED) is 0.800. The van der Waals surface area contributed by atoms with E-state index in [1.54, 1.807) is 0 Å². The lowest BCUT2D eigenvalue weighted by Gasteiger charge is -2.09. The Morgan fingerprint density at radius 2 is 2.00 bits per heavy atom. The molecule has 0 atom stereocenters. The van der Waals surface area contributed by atoms with E-state index >= 15 is 0 Å². The molecule has 0 fully saturated rings. The normalized spacial score (nSPS) is 10.2. The lowest BCUT2D eigenvalue weighted by molar-refractivity contribution is 0.315. The fourth-order valence-electron chi connectivity index (χ4n) is 1.49. The Morgan fingerprint density at radius 1 is 1.21 bits per heavy atom. The first-order valence-corrected chi connectivity index (χ1v) is 6.74. The molecular weight excluding hydrogens is 308 g/mol. The number of para-hydroxylation sites is 1. The van der Waals surface area contributed by atoms with Crippen LogP contribution in [0, 0.1) is 0 Å². The number of anilines is 2. The molecule has 1 aromatic heterocycles. The van der Waals surface area contributed by atoms with E-state index in [1.807, 2.05) is 30.3 Å². The maximum absolute atomic E-state index is 5.66. The van der Waals surface area contributed by atoms with E-state index < -0.39 is 0 Å². The fourth-order valence-corrected chi connectivity index (χ4v) is 1.84. The summed E-state index contributed by atoms with van der Waals surface area (Å²) in [5, 5.41) is 3.18. The number of nitrogens with one attached hydrogen (secondary N) is 1. The molecule has 1 aromatic carbocycles. The van der Waals surface area contributed by atoms with Crippen LogP contribution in [0.25, 0.3) is 0 Å². The number of nitrogens with zero attached hydrogens (tertiary/aromatic N) is 2. The summed E-state index contributed by atoms with van der Waals surface area (Å²) >= 11 is 3.34. The highest BCUT2D eigenvalue weighted by molar-refractivity contribution is 9.10. The minimum absolute atomic E-state index is 0.429. The lowest BCUT2D eigenvalue weighted by Crippen LogP contribution is -2.09. The summed E-state index contributed by atoms with van der Waals surface area (Å²) in [7, 11) is 0. The highest BCUT2D eigenvalue weighted by Gasteiger charge is 2.04. The Hall–Kier alpha value is -1.82. The Labute approximate surface area is 120 Å². The van der Waals surface area contributed by atoms with Crippen LogP contribution in [0.5, 0.6) is 5.75 Å². The molecule has 0 unspecified atom stereocenters. The third kappa shape index (κ3) is 4.10. The monoisotopic (exact) mass is 322 g/mol. The third-order valence-corrected chi connectivity index (χ3v) is 3.22. The van der Waals surface area contributed by atoms with Crippen molar-refractivity contribution < 1.29 is 4.74 Å². The number of rotatable bonds is 6. The van der Waals surface area contributed by atoms with Gasteiger partial charge in [-0.3, -0.25) is 0 Å². The minimum Gasteiger partial charge on any atom is -0.494 e. The summed E-state index contributed by atoms with van der Waals surface area (Å²) in [6.45, 7) is 1.40. The van der Waals surface area contributed by atoms with Gasteiger partial charge in [0, 0.05) is 6.54 Å². The van der Waals surface area contributed by atoms with E-state index in [0.717, 1.165) is 18.7 Å². The van der Waals surface area contributed by atoms with Gasteiger partial charge in [-0.05, 0) is 34.5 Å². The number of ether oxygens (including phenoxy) is 1. The molecule has 5 nitrogen and oxygen atoms in total. The van der Waals surface area contributed by atoms with Crippen molar-refractivity contribution >= 4 is 27.6 Å². The maximum atomic E-state index is 5.66. The second kappa shape index (κ2) is 6.94. The van der Waals surface area contributed by atoms with Crippen molar-refractivity contribution in [2.75, 3.05) is 24.2 Å². The van der Waals surface area contributed by atoms with E-state index in [2.05, 4.69) is 31.2 Å². The van der Waals surface area contributed by atoms with Gasteiger partial charge in [0.1, 0.15) is 28.2 Å². The summed E-state index contributed by atoms with van der Waals surface area (Å²) in [6.07, 6.45) is 2.30. The molecule has 19 heavy (non-hydrogen) atoms. The fraction of sp³-hybridized carbons (Fsp3) is 0.231. The van der Waals surface area contributed by atoms with Crippen LogP contribution in [0.3, 0.4) is 0 Å². The lowest BCUT2D eigenvalue weighted by atomic mass is 10.3. The summed E-state index contributed by atoms with van der Waals surface area (Å²) in [6, 6.07) is 9.75. The highest BCUT2D eigenvalue weighted by atomic mass is 79.9. The van der Waals surface area contributed by atoms with E-state index in [-0.39, 0.29) is 0 Å². The number of benzene rings is 1. The molecule has 0 aliphatic heterocycles. The Bertz CT molecular complexity index is 521. The Morgan fingerprint density at radius 3 is 2.79 bits per heavy atom. The van der Waals surface area contributed by atoms with Crippen molar-refractivity contribution in [3.05, 3.63) is 41.1 Å². The van der Waals surface area contributed by atoms with Gasteiger partial charge >= 0.3 is 0 Å². The standard InChI is InChI=1S/C13H15BrN4O/c14-11-12(15)17-9-18-13(11)16-7-4-8-19-10-5-2-1-3-6-10/h1-3,5-6,9H,4,7-8H2,(H3,15,16,17,18). The van der Waals surface area contributed by atoms with Crippen LogP contribution >= 0.6 is 15.9 Å². The van der Waals surface area contributed by atoms with Gasteiger partial charge in [0.25, 0.3) is 0 Å². The Kier molecular flexibility index (Phi) is 4.97. The van der Waals surface area contributed by atoms with Gasteiger partial charge in [0.05, 0.1) is 6.61 Å². The molecule has 1 heterocycles. The van der Waals surface area contributed by atoms with Crippen molar-refractivity contribution in [2.24, 2.45) is 0 Å². The third-order valence-electron chi connectivity index (χ3n) is 2.44. The molecule has 100 valence electrons. The second-order valence-electron chi connectivity index (χ2n) is 3.86. The van der Waals surface area contributed by atoms with Gasteiger partial charge in [-0.15, -0.1) is 0 Å². The largest absolute Gasteiger partial charge is 0.494 e. The molecule has 0 amide bonds. The van der Waals surface area contributed by atoms with Gasteiger partial charge < -0.3 is 15.8 Å².